The van der Waals surface area contributed by atoms with Crippen LogP contribution < -0.4 is 10.2 Å². The molecule has 1 heterocycles. The van der Waals surface area contributed by atoms with E-state index in [0.717, 1.165) is 19.5 Å². The molecular weight excluding hydrogens is 316 g/mol. The molecule has 0 saturated carbocycles. The highest BCUT2D eigenvalue weighted by Gasteiger charge is 2.26. The van der Waals surface area contributed by atoms with Gasteiger partial charge in [-0.05, 0) is 54.4 Å². The Bertz CT molecular complexity index is 898. The Morgan fingerprint density at radius 2 is 1.46 bits per heavy atom. The topological polar surface area (TPSA) is 15.3 Å². The van der Waals surface area contributed by atoms with Crippen LogP contribution in [0.25, 0.3) is 11.3 Å². The monoisotopic (exact) mass is 340 g/mol. The fourth-order valence-electron chi connectivity index (χ4n) is 3.75. The molecule has 0 fully saturated rings. The summed E-state index contributed by atoms with van der Waals surface area (Å²) in [6, 6.07) is 30.3. The summed E-state index contributed by atoms with van der Waals surface area (Å²) in [6.07, 6.45) is 1.00. The zero-order valence-electron chi connectivity index (χ0n) is 15.2. The molecule has 1 aliphatic heterocycles. The fourth-order valence-corrected chi connectivity index (χ4v) is 3.75. The van der Waals surface area contributed by atoms with Crippen molar-refractivity contribution in [3.8, 4) is 0 Å². The summed E-state index contributed by atoms with van der Waals surface area (Å²) in [5, 5.41) is 3.32. The molecule has 0 unspecified atom stereocenters. The van der Waals surface area contributed by atoms with Gasteiger partial charge in [-0.1, -0.05) is 72.8 Å². The van der Waals surface area contributed by atoms with Crippen LogP contribution in [0.15, 0.2) is 84.9 Å². The van der Waals surface area contributed by atoms with Crippen LogP contribution in [0.3, 0.4) is 0 Å². The molecule has 2 heteroatoms. The Morgan fingerprint density at radius 3 is 2.19 bits per heavy atom. The Kier molecular flexibility index (Phi) is 4.85. The maximum Gasteiger partial charge on any atom is 0.0526 e. The van der Waals surface area contributed by atoms with Crippen LogP contribution in [0.4, 0.5) is 5.69 Å². The summed E-state index contributed by atoms with van der Waals surface area (Å²) < 4.78 is 0. The van der Waals surface area contributed by atoms with Crippen molar-refractivity contribution in [1.29, 1.82) is 0 Å². The van der Waals surface area contributed by atoms with Gasteiger partial charge in [-0.3, -0.25) is 0 Å². The maximum absolute atomic E-state index is 3.32. The van der Waals surface area contributed by atoms with Crippen molar-refractivity contribution in [1.82, 2.24) is 5.32 Å². The standard InChI is InChI=1S/C24H24N2/c1-25-17-16-23-22-15-9-8-12-20(22)18-26(21-13-6-3-7-14-21)24(23)19-10-4-2-5-11-19/h2-15,25H,16-18H2,1H3. The summed E-state index contributed by atoms with van der Waals surface area (Å²) in [5.41, 5.74) is 8.03. The van der Waals surface area contributed by atoms with Crippen LogP contribution in [0.2, 0.25) is 0 Å². The largest absolute Gasteiger partial charge is 0.336 e. The minimum absolute atomic E-state index is 0.896. The SMILES string of the molecule is CNCCC1=C(c2ccccc2)N(c2ccccc2)Cc2ccccc21. The quantitative estimate of drug-likeness (QED) is 0.688. The van der Waals surface area contributed by atoms with E-state index in [1.807, 2.05) is 7.05 Å². The van der Waals surface area contributed by atoms with Crippen LogP contribution >= 0.6 is 0 Å². The molecule has 0 aromatic heterocycles. The molecule has 0 spiro atoms. The Balaban J connectivity index is 1.95. The second-order valence-corrected chi connectivity index (χ2v) is 6.63. The number of nitrogens with one attached hydrogen (secondary N) is 1. The molecule has 1 aliphatic rings. The fraction of sp³-hybridized carbons (Fsp3) is 0.167. The van der Waals surface area contributed by atoms with Gasteiger partial charge in [0.1, 0.15) is 0 Å². The molecule has 0 aliphatic carbocycles. The molecule has 0 saturated heterocycles. The molecule has 0 atom stereocenters. The molecule has 130 valence electrons. The predicted molar refractivity (Wildman–Crippen MR) is 111 cm³/mol. The number of para-hydroxylation sites is 1. The summed E-state index contributed by atoms with van der Waals surface area (Å²) in [7, 11) is 2.02. The highest BCUT2D eigenvalue weighted by atomic mass is 15.1. The molecule has 2 nitrogen and oxygen atoms in total. The van der Waals surface area contributed by atoms with Crippen LogP contribution in [0, 0.1) is 0 Å². The second kappa shape index (κ2) is 7.59. The number of benzene rings is 3. The van der Waals surface area contributed by atoms with E-state index in [9.17, 15) is 0 Å². The molecule has 26 heavy (non-hydrogen) atoms. The average Bonchev–Trinajstić information content (AvgIpc) is 2.72. The molecule has 3 aromatic carbocycles. The number of fused-ring (bicyclic) bond motifs is 1. The number of rotatable bonds is 5. The van der Waals surface area contributed by atoms with Crippen LogP contribution in [-0.2, 0) is 6.54 Å². The highest BCUT2D eigenvalue weighted by Crippen LogP contribution is 2.41. The molecular formula is C24H24N2. The smallest absolute Gasteiger partial charge is 0.0526 e. The van der Waals surface area contributed by atoms with Crippen molar-refractivity contribution >= 4 is 17.0 Å². The molecule has 4 rings (SSSR count). The van der Waals surface area contributed by atoms with Gasteiger partial charge < -0.3 is 10.2 Å². The molecule has 1 N–H and O–H groups in total. The van der Waals surface area contributed by atoms with E-state index in [-0.39, 0.29) is 0 Å². The highest BCUT2D eigenvalue weighted by molar-refractivity contribution is 5.99. The molecule has 0 bridgehead atoms. The lowest BCUT2D eigenvalue weighted by Crippen LogP contribution is -2.27. The van der Waals surface area contributed by atoms with Gasteiger partial charge in [0.05, 0.1) is 5.70 Å². The Morgan fingerprint density at radius 1 is 0.808 bits per heavy atom. The van der Waals surface area contributed by atoms with Crippen molar-refractivity contribution in [3.05, 3.63) is 102 Å². The first-order valence-electron chi connectivity index (χ1n) is 9.22. The maximum atomic E-state index is 3.32. The van der Waals surface area contributed by atoms with E-state index in [4.69, 9.17) is 0 Å². The third kappa shape index (κ3) is 3.16. The molecule has 3 aromatic rings. The summed E-state index contributed by atoms with van der Waals surface area (Å²) >= 11 is 0. The lowest BCUT2D eigenvalue weighted by Gasteiger charge is -2.36. The van der Waals surface area contributed by atoms with Gasteiger partial charge >= 0.3 is 0 Å². The van der Waals surface area contributed by atoms with E-state index in [1.54, 1.807) is 0 Å². The van der Waals surface area contributed by atoms with Crippen LogP contribution in [0.1, 0.15) is 23.1 Å². The summed E-state index contributed by atoms with van der Waals surface area (Å²) in [5.74, 6) is 0. The summed E-state index contributed by atoms with van der Waals surface area (Å²) in [4.78, 5) is 2.46. The van der Waals surface area contributed by atoms with Gasteiger partial charge in [0.15, 0.2) is 0 Å². The molecule has 0 radical (unpaired) electrons. The van der Waals surface area contributed by atoms with Crippen LogP contribution in [-0.4, -0.2) is 13.6 Å². The third-order valence-corrected chi connectivity index (χ3v) is 4.97. The second-order valence-electron chi connectivity index (χ2n) is 6.63. The first-order valence-corrected chi connectivity index (χ1v) is 9.22. The van der Waals surface area contributed by atoms with Gasteiger partial charge in [-0.2, -0.15) is 0 Å². The van der Waals surface area contributed by atoms with Crippen LogP contribution in [0.5, 0.6) is 0 Å². The van der Waals surface area contributed by atoms with Crippen molar-refractivity contribution in [2.75, 3.05) is 18.5 Å². The minimum Gasteiger partial charge on any atom is -0.336 e. The number of nitrogens with zero attached hydrogens (tertiary/aromatic N) is 1. The van der Waals surface area contributed by atoms with E-state index in [1.165, 1.54) is 33.6 Å². The first kappa shape index (κ1) is 16.6. The predicted octanol–water partition coefficient (Wildman–Crippen LogP) is 5.18. The average molecular weight is 340 g/mol. The lowest BCUT2D eigenvalue weighted by atomic mass is 9.88. The van der Waals surface area contributed by atoms with Crippen molar-refractivity contribution in [2.24, 2.45) is 0 Å². The van der Waals surface area contributed by atoms with Crippen molar-refractivity contribution in [3.63, 3.8) is 0 Å². The van der Waals surface area contributed by atoms with E-state index < -0.39 is 0 Å². The van der Waals surface area contributed by atoms with Crippen molar-refractivity contribution in [2.45, 2.75) is 13.0 Å². The van der Waals surface area contributed by atoms with Crippen molar-refractivity contribution < 1.29 is 0 Å². The van der Waals surface area contributed by atoms with Gasteiger partial charge in [0.25, 0.3) is 0 Å². The first-order chi connectivity index (χ1) is 12.9. The Hall–Kier alpha value is -2.84. The Labute approximate surface area is 155 Å². The van der Waals surface area contributed by atoms with E-state index >= 15 is 0 Å². The van der Waals surface area contributed by atoms with Gasteiger partial charge in [-0.25, -0.2) is 0 Å². The molecule has 0 amide bonds. The minimum atomic E-state index is 0.896. The van der Waals surface area contributed by atoms with Gasteiger partial charge in [-0.15, -0.1) is 0 Å². The number of hydrogen-bond donors (Lipinski definition) is 1. The van der Waals surface area contributed by atoms with Gasteiger partial charge in [0, 0.05) is 12.2 Å². The number of hydrogen-bond acceptors (Lipinski definition) is 2. The van der Waals surface area contributed by atoms with E-state index in [2.05, 4.69) is 95.1 Å². The zero-order chi connectivity index (χ0) is 17.8. The number of anilines is 1. The normalized spacial score (nSPS) is 13.7. The third-order valence-electron chi connectivity index (χ3n) is 4.97. The zero-order valence-corrected chi connectivity index (χ0v) is 15.2. The van der Waals surface area contributed by atoms with Gasteiger partial charge in [0.2, 0.25) is 0 Å². The summed E-state index contributed by atoms with van der Waals surface area (Å²) in [6.45, 7) is 1.86. The lowest BCUT2D eigenvalue weighted by molar-refractivity contribution is 0.809. The van der Waals surface area contributed by atoms with E-state index in [0.29, 0.717) is 0 Å².